The molecule has 0 aliphatic heterocycles. The molecule has 2 heteroatoms. The molecule has 1 unspecified atom stereocenters. The van der Waals surface area contributed by atoms with Crippen molar-refractivity contribution in [2.24, 2.45) is 5.92 Å². The Morgan fingerprint density at radius 2 is 2.36 bits per heavy atom. The first-order valence-corrected chi connectivity index (χ1v) is 3.79. The molecule has 0 heterocycles. The van der Waals surface area contributed by atoms with Crippen molar-refractivity contribution in [3.8, 4) is 0 Å². The van der Waals surface area contributed by atoms with Gasteiger partial charge in [-0.15, -0.1) is 0 Å². The average Bonchev–Trinajstić information content (AvgIpc) is 2.04. The summed E-state index contributed by atoms with van der Waals surface area (Å²) in [5.74, 6) is 0.168. The van der Waals surface area contributed by atoms with E-state index < -0.39 is 0 Å². The van der Waals surface area contributed by atoms with Crippen LogP contribution >= 0.6 is 0 Å². The first-order valence-electron chi connectivity index (χ1n) is 3.79. The third-order valence-electron chi connectivity index (χ3n) is 1.55. The van der Waals surface area contributed by atoms with Crippen molar-refractivity contribution in [3.63, 3.8) is 0 Å². The summed E-state index contributed by atoms with van der Waals surface area (Å²) < 4.78 is 4.79. The number of carbonyl (C=O) groups is 1. The van der Waals surface area contributed by atoms with Gasteiger partial charge in [0.25, 0.3) is 0 Å². The van der Waals surface area contributed by atoms with Crippen LogP contribution in [0.3, 0.4) is 0 Å². The second-order valence-corrected chi connectivity index (χ2v) is 2.47. The van der Waals surface area contributed by atoms with Gasteiger partial charge in [-0.2, -0.15) is 0 Å². The zero-order chi connectivity index (χ0) is 8.69. The van der Waals surface area contributed by atoms with Gasteiger partial charge in [0.05, 0.1) is 6.61 Å². The van der Waals surface area contributed by atoms with Crippen LogP contribution in [0.5, 0.6) is 0 Å². The van der Waals surface area contributed by atoms with E-state index in [1.165, 1.54) is 6.08 Å². The number of rotatable bonds is 5. The molecule has 0 rings (SSSR count). The van der Waals surface area contributed by atoms with E-state index in [-0.39, 0.29) is 5.97 Å². The SMILES string of the molecule is C=CC(=O)OCCC(C)[CH]C. The minimum absolute atomic E-state index is 0.340. The molecule has 0 aromatic rings. The van der Waals surface area contributed by atoms with Crippen LogP contribution in [0.15, 0.2) is 12.7 Å². The lowest BCUT2D eigenvalue weighted by atomic mass is 10.1. The Kier molecular flexibility index (Phi) is 5.53. The minimum Gasteiger partial charge on any atom is -0.463 e. The fraction of sp³-hybridized carbons (Fsp3) is 0.556. The van der Waals surface area contributed by atoms with Gasteiger partial charge in [0.1, 0.15) is 0 Å². The van der Waals surface area contributed by atoms with Crippen LogP contribution < -0.4 is 0 Å². The van der Waals surface area contributed by atoms with Gasteiger partial charge in [-0.1, -0.05) is 20.4 Å². The van der Waals surface area contributed by atoms with Crippen LogP contribution in [0, 0.1) is 12.3 Å². The molecule has 0 amide bonds. The summed E-state index contributed by atoms with van der Waals surface area (Å²) in [7, 11) is 0. The highest BCUT2D eigenvalue weighted by Crippen LogP contribution is 2.04. The molecule has 0 spiro atoms. The van der Waals surface area contributed by atoms with Crippen molar-refractivity contribution in [3.05, 3.63) is 19.1 Å². The Hall–Kier alpha value is -0.790. The van der Waals surface area contributed by atoms with E-state index in [4.69, 9.17) is 4.74 Å². The minimum atomic E-state index is -0.340. The fourth-order valence-electron chi connectivity index (χ4n) is 0.571. The molecule has 2 nitrogen and oxygen atoms in total. The summed E-state index contributed by atoms with van der Waals surface area (Å²) in [5, 5.41) is 0. The van der Waals surface area contributed by atoms with E-state index in [0.717, 1.165) is 6.42 Å². The van der Waals surface area contributed by atoms with Crippen LogP contribution in [-0.4, -0.2) is 12.6 Å². The summed E-state index contributed by atoms with van der Waals surface area (Å²) in [6.45, 7) is 7.86. The van der Waals surface area contributed by atoms with E-state index in [1.54, 1.807) is 0 Å². The molecule has 63 valence electrons. The van der Waals surface area contributed by atoms with Crippen LogP contribution in [0.1, 0.15) is 20.3 Å². The lowest BCUT2D eigenvalue weighted by Crippen LogP contribution is -2.05. The highest BCUT2D eigenvalue weighted by atomic mass is 16.5. The molecule has 1 radical (unpaired) electrons. The predicted octanol–water partition coefficient (Wildman–Crippen LogP) is 1.97. The van der Waals surface area contributed by atoms with E-state index in [2.05, 4.69) is 19.9 Å². The Morgan fingerprint density at radius 3 is 2.82 bits per heavy atom. The Bertz CT molecular complexity index is 130. The molecule has 0 aromatic heterocycles. The van der Waals surface area contributed by atoms with Gasteiger partial charge in [0, 0.05) is 6.08 Å². The van der Waals surface area contributed by atoms with Crippen LogP contribution in [0.2, 0.25) is 0 Å². The topological polar surface area (TPSA) is 26.3 Å². The number of esters is 1. The second-order valence-electron chi connectivity index (χ2n) is 2.47. The van der Waals surface area contributed by atoms with Gasteiger partial charge in [-0.3, -0.25) is 0 Å². The molecule has 1 atom stereocenters. The molecule has 0 fully saturated rings. The predicted molar refractivity (Wildman–Crippen MR) is 44.9 cm³/mol. The highest BCUT2D eigenvalue weighted by Gasteiger charge is 2.00. The fourth-order valence-corrected chi connectivity index (χ4v) is 0.571. The maximum absolute atomic E-state index is 10.5. The van der Waals surface area contributed by atoms with E-state index in [9.17, 15) is 4.79 Å². The van der Waals surface area contributed by atoms with Crippen LogP contribution in [0.4, 0.5) is 0 Å². The largest absolute Gasteiger partial charge is 0.463 e. The third kappa shape index (κ3) is 5.64. The smallest absolute Gasteiger partial charge is 0.330 e. The first-order chi connectivity index (χ1) is 5.20. The van der Waals surface area contributed by atoms with Gasteiger partial charge in [0.15, 0.2) is 0 Å². The Morgan fingerprint density at radius 1 is 1.73 bits per heavy atom. The molecule has 0 aromatic carbocycles. The quantitative estimate of drug-likeness (QED) is 0.448. The Labute approximate surface area is 68.2 Å². The third-order valence-corrected chi connectivity index (χ3v) is 1.55. The molecule has 0 aliphatic rings. The monoisotopic (exact) mass is 155 g/mol. The van der Waals surface area contributed by atoms with E-state index >= 15 is 0 Å². The molecule has 0 N–H and O–H groups in total. The highest BCUT2D eigenvalue weighted by molar-refractivity contribution is 5.81. The summed E-state index contributed by atoms with van der Waals surface area (Å²) >= 11 is 0. The Balaban J connectivity index is 3.26. The number of ether oxygens (including phenoxy) is 1. The van der Waals surface area contributed by atoms with Crippen LogP contribution in [-0.2, 0) is 9.53 Å². The molecule has 0 saturated heterocycles. The lowest BCUT2D eigenvalue weighted by molar-refractivity contribution is -0.138. The summed E-state index contributed by atoms with van der Waals surface area (Å²) in [6, 6.07) is 0. The van der Waals surface area contributed by atoms with Crippen molar-refractivity contribution in [2.45, 2.75) is 20.3 Å². The van der Waals surface area contributed by atoms with Gasteiger partial charge >= 0.3 is 5.97 Å². The molecule has 0 saturated carbocycles. The normalized spacial score (nSPS) is 12.2. The van der Waals surface area contributed by atoms with Crippen molar-refractivity contribution >= 4 is 5.97 Å². The number of carbonyl (C=O) groups excluding carboxylic acids is 1. The van der Waals surface area contributed by atoms with Crippen LogP contribution in [0.25, 0.3) is 0 Å². The van der Waals surface area contributed by atoms with Gasteiger partial charge < -0.3 is 4.74 Å². The summed E-state index contributed by atoms with van der Waals surface area (Å²) in [4.78, 5) is 10.5. The van der Waals surface area contributed by atoms with Gasteiger partial charge in [-0.05, 0) is 18.8 Å². The van der Waals surface area contributed by atoms with Crippen molar-refractivity contribution in [2.75, 3.05) is 6.61 Å². The maximum Gasteiger partial charge on any atom is 0.330 e. The maximum atomic E-state index is 10.5. The first kappa shape index (κ1) is 10.2. The summed E-state index contributed by atoms with van der Waals surface area (Å²) in [5.41, 5.74) is 0. The number of hydrogen-bond acceptors (Lipinski definition) is 2. The zero-order valence-corrected chi connectivity index (χ0v) is 7.17. The molecule has 11 heavy (non-hydrogen) atoms. The van der Waals surface area contributed by atoms with E-state index in [0.29, 0.717) is 12.5 Å². The second kappa shape index (κ2) is 5.96. The van der Waals surface area contributed by atoms with Crippen molar-refractivity contribution in [1.29, 1.82) is 0 Å². The zero-order valence-electron chi connectivity index (χ0n) is 7.17. The molecular formula is C9H15O2. The number of hydrogen-bond donors (Lipinski definition) is 0. The van der Waals surface area contributed by atoms with Crippen molar-refractivity contribution < 1.29 is 9.53 Å². The lowest BCUT2D eigenvalue weighted by Gasteiger charge is -2.06. The van der Waals surface area contributed by atoms with E-state index in [1.807, 2.05) is 6.92 Å². The molecule has 0 bridgehead atoms. The summed E-state index contributed by atoms with van der Waals surface area (Å²) in [6.07, 6.45) is 4.15. The van der Waals surface area contributed by atoms with Gasteiger partial charge in [0.2, 0.25) is 0 Å². The standard InChI is InChI=1S/C9H15O2/c1-4-8(3)6-7-11-9(10)5-2/h4-5,8H,2,6-7H2,1,3H3. The molecular weight excluding hydrogens is 140 g/mol. The average molecular weight is 155 g/mol. The van der Waals surface area contributed by atoms with Crippen molar-refractivity contribution in [1.82, 2.24) is 0 Å². The molecule has 0 aliphatic carbocycles. The van der Waals surface area contributed by atoms with Gasteiger partial charge in [-0.25, -0.2) is 4.79 Å².